The summed E-state index contributed by atoms with van der Waals surface area (Å²) in [5.74, 6) is -1.46. The summed E-state index contributed by atoms with van der Waals surface area (Å²) < 4.78 is 39.6. The number of ether oxygens (including phenoxy) is 3. The maximum atomic E-state index is 12.9. The van der Waals surface area contributed by atoms with Crippen molar-refractivity contribution in [1.82, 2.24) is 0 Å². The maximum absolute atomic E-state index is 12.9. The first-order valence-corrected chi connectivity index (χ1v) is 32.0. The summed E-state index contributed by atoms with van der Waals surface area (Å²) in [6, 6.07) is 0. The Morgan fingerprint density at radius 2 is 0.703 bits per heavy atom. The molecule has 0 radical (unpaired) electrons. The maximum Gasteiger partial charge on any atom is 0.472 e. The van der Waals surface area contributed by atoms with Crippen molar-refractivity contribution in [2.75, 3.05) is 26.4 Å². The number of aliphatic hydroxyl groups is 1. The van der Waals surface area contributed by atoms with Gasteiger partial charge in [0.1, 0.15) is 12.7 Å². The molecule has 0 aromatic rings. The van der Waals surface area contributed by atoms with Crippen molar-refractivity contribution < 1.29 is 52.2 Å². The summed E-state index contributed by atoms with van der Waals surface area (Å²) in [5, 5.41) is 9.81. The topological polar surface area (TPSA) is 155 Å². The number of hydrogen-bond acceptors (Lipinski definition) is 10. The summed E-state index contributed by atoms with van der Waals surface area (Å²) in [4.78, 5) is 48.6. The van der Waals surface area contributed by atoms with Gasteiger partial charge in [0, 0.05) is 19.3 Å². The molecule has 0 fully saturated rings. The lowest BCUT2D eigenvalue weighted by Crippen LogP contribution is -2.30. The van der Waals surface area contributed by atoms with E-state index in [0.29, 0.717) is 19.3 Å². The number of allylic oxidation sites excluding steroid dienone is 8. The first-order chi connectivity index (χ1) is 36.2. The smallest absolute Gasteiger partial charge is 0.462 e. The van der Waals surface area contributed by atoms with Gasteiger partial charge in [-0.25, -0.2) is 4.57 Å². The number of phosphoric acid groups is 1. The Morgan fingerprint density at radius 1 is 0.392 bits per heavy atom. The Kier molecular flexibility index (Phi) is 54.7. The van der Waals surface area contributed by atoms with Crippen molar-refractivity contribution in [2.45, 2.75) is 303 Å². The molecule has 0 rings (SSSR count). The van der Waals surface area contributed by atoms with Crippen LogP contribution in [0.5, 0.6) is 0 Å². The quantitative estimate of drug-likeness (QED) is 0.0197. The second-order valence-electron chi connectivity index (χ2n) is 20.5. The number of esters is 3. The van der Waals surface area contributed by atoms with Crippen molar-refractivity contribution in [2.24, 2.45) is 0 Å². The van der Waals surface area contributed by atoms with Crippen LogP contribution in [-0.4, -0.2) is 66.5 Å². The zero-order valence-corrected chi connectivity index (χ0v) is 48.7. The summed E-state index contributed by atoms with van der Waals surface area (Å²) in [7, 11) is -4.75. The number of unbranched alkanes of at least 4 members (excludes halogenated alkanes) is 32. The molecule has 432 valence electrons. The van der Waals surface area contributed by atoms with E-state index in [0.717, 1.165) is 103 Å². The van der Waals surface area contributed by atoms with Gasteiger partial charge in [0.2, 0.25) is 0 Å². The van der Waals surface area contributed by atoms with E-state index in [1.165, 1.54) is 128 Å². The highest BCUT2D eigenvalue weighted by Crippen LogP contribution is 2.43. The largest absolute Gasteiger partial charge is 0.472 e. The van der Waals surface area contributed by atoms with Crippen molar-refractivity contribution in [1.29, 1.82) is 0 Å². The molecule has 0 aliphatic heterocycles. The van der Waals surface area contributed by atoms with E-state index in [-0.39, 0.29) is 25.9 Å². The first-order valence-electron chi connectivity index (χ1n) is 30.5. The molecule has 0 aromatic heterocycles. The molecule has 74 heavy (non-hydrogen) atoms. The van der Waals surface area contributed by atoms with Crippen LogP contribution in [0.15, 0.2) is 48.6 Å². The van der Waals surface area contributed by atoms with Crippen LogP contribution in [0.2, 0.25) is 0 Å². The third-order valence-electron chi connectivity index (χ3n) is 13.3. The summed E-state index contributed by atoms with van der Waals surface area (Å²) in [6.45, 7) is 4.56. The molecule has 0 aliphatic carbocycles. The van der Waals surface area contributed by atoms with Gasteiger partial charge in [0.25, 0.3) is 0 Å². The molecule has 3 unspecified atom stereocenters. The monoisotopic (exact) mass is 1060 g/mol. The van der Waals surface area contributed by atoms with Gasteiger partial charge in [0.15, 0.2) is 6.10 Å². The Labute approximate surface area is 453 Å². The fourth-order valence-electron chi connectivity index (χ4n) is 8.64. The zero-order valence-electron chi connectivity index (χ0n) is 47.8. The van der Waals surface area contributed by atoms with Gasteiger partial charge >= 0.3 is 25.7 Å². The molecule has 0 aliphatic rings. The van der Waals surface area contributed by atoms with Crippen molar-refractivity contribution in [3.05, 3.63) is 48.6 Å². The van der Waals surface area contributed by atoms with E-state index in [4.69, 9.17) is 23.3 Å². The first kappa shape index (κ1) is 71.4. The van der Waals surface area contributed by atoms with Crippen LogP contribution in [-0.2, 0) is 42.2 Å². The number of hydrogen-bond donors (Lipinski definition) is 2. The van der Waals surface area contributed by atoms with E-state index in [2.05, 4.69) is 69.4 Å². The highest BCUT2D eigenvalue weighted by molar-refractivity contribution is 7.47. The molecule has 11 nitrogen and oxygen atoms in total. The highest BCUT2D eigenvalue weighted by Gasteiger charge is 2.28. The summed E-state index contributed by atoms with van der Waals surface area (Å²) in [6.07, 6.45) is 60.7. The fourth-order valence-corrected chi connectivity index (χ4v) is 9.43. The SMILES string of the molecule is CC/C=C\C/C=C\C/C=C\C/C=C\CCCCCCCCC(=O)OC(COC(=O)CCCCCCCCCCCCCCCCCCC)COP(=O)(O)OCC(CO)OC(=O)CCCCCCCCCCCCC. The van der Waals surface area contributed by atoms with E-state index in [1.54, 1.807) is 0 Å². The third-order valence-corrected chi connectivity index (χ3v) is 14.2. The molecule has 0 saturated heterocycles. The normalized spacial score (nSPS) is 13.6. The zero-order chi connectivity index (χ0) is 54.1. The van der Waals surface area contributed by atoms with Crippen molar-refractivity contribution in [3.8, 4) is 0 Å². The number of carbonyl (C=O) groups is 3. The minimum Gasteiger partial charge on any atom is -0.462 e. The number of carbonyl (C=O) groups excluding carboxylic acids is 3. The van der Waals surface area contributed by atoms with Crippen LogP contribution in [0.4, 0.5) is 0 Å². The predicted molar refractivity (Wildman–Crippen MR) is 307 cm³/mol. The van der Waals surface area contributed by atoms with E-state index in [1.807, 2.05) is 0 Å². The molecule has 0 bridgehead atoms. The van der Waals surface area contributed by atoms with Gasteiger partial charge in [-0.1, -0.05) is 262 Å². The van der Waals surface area contributed by atoms with Crippen molar-refractivity contribution in [3.63, 3.8) is 0 Å². The van der Waals surface area contributed by atoms with E-state index >= 15 is 0 Å². The van der Waals surface area contributed by atoms with Gasteiger partial charge in [-0.15, -0.1) is 0 Å². The van der Waals surface area contributed by atoms with Crippen LogP contribution in [0.3, 0.4) is 0 Å². The molecule has 12 heteroatoms. The van der Waals surface area contributed by atoms with E-state index in [9.17, 15) is 28.9 Å². The molecular weight excluding hydrogens is 952 g/mol. The van der Waals surface area contributed by atoms with E-state index < -0.39 is 57.8 Å². The number of aliphatic hydroxyl groups excluding tert-OH is 1. The van der Waals surface area contributed by atoms with Gasteiger partial charge in [-0.3, -0.25) is 23.4 Å². The minimum atomic E-state index is -4.75. The third kappa shape index (κ3) is 54.2. The van der Waals surface area contributed by atoms with Crippen LogP contribution in [0, 0.1) is 0 Å². The Morgan fingerprint density at radius 3 is 1.08 bits per heavy atom. The average molecular weight is 1070 g/mol. The number of phosphoric ester groups is 1. The van der Waals surface area contributed by atoms with Gasteiger partial charge in [0.05, 0.1) is 19.8 Å². The van der Waals surface area contributed by atoms with Gasteiger partial charge < -0.3 is 24.2 Å². The molecule has 2 N–H and O–H groups in total. The lowest BCUT2D eigenvalue weighted by molar-refractivity contribution is -0.161. The predicted octanol–water partition coefficient (Wildman–Crippen LogP) is 18.1. The second-order valence-corrected chi connectivity index (χ2v) is 22.0. The highest BCUT2D eigenvalue weighted by atomic mass is 31.2. The Bertz CT molecular complexity index is 1430. The molecule has 0 amide bonds. The Balaban J connectivity index is 4.71. The van der Waals surface area contributed by atoms with Crippen molar-refractivity contribution >= 4 is 25.7 Å². The van der Waals surface area contributed by atoms with Crippen LogP contribution in [0.1, 0.15) is 290 Å². The standard InChI is InChI=1S/C62H113O11P/c1-4-7-10-13-16-19-22-24-26-28-29-31-33-35-38-41-44-47-50-53-62(66)73-59(55-69-60(64)51-48-45-42-39-37-34-32-30-27-25-23-20-17-14-11-8-5-2)57-71-74(67,68)70-56-58(54-63)72-61(65)52-49-46-43-40-36-21-18-15-12-9-6-3/h7,10,16,19,24,26,29,31,58-59,63H,4-6,8-9,11-15,17-18,20-23,25,27-28,30,32-57H2,1-3H3,(H,67,68)/b10-7-,19-16-,26-24-,31-29-. The van der Waals surface area contributed by atoms with Gasteiger partial charge in [-0.2, -0.15) is 0 Å². The van der Waals surface area contributed by atoms with Crippen LogP contribution in [0.25, 0.3) is 0 Å². The molecule has 0 spiro atoms. The Hall–Kier alpha value is -2.56. The van der Waals surface area contributed by atoms with Crippen LogP contribution < -0.4 is 0 Å². The molecule has 0 aromatic carbocycles. The fraction of sp³-hybridized carbons (Fsp3) is 0.823. The minimum absolute atomic E-state index is 0.154. The molecule has 3 atom stereocenters. The summed E-state index contributed by atoms with van der Waals surface area (Å²) >= 11 is 0. The lowest BCUT2D eigenvalue weighted by atomic mass is 10.0. The summed E-state index contributed by atoms with van der Waals surface area (Å²) in [5.41, 5.74) is 0. The lowest BCUT2D eigenvalue weighted by Gasteiger charge is -2.21. The average Bonchev–Trinajstić information content (AvgIpc) is 3.39. The second kappa shape index (κ2) is 56.6. The molecular formula is C62H113O11P. The van der Waals surface area contributed by atoms with Gasteiger partial charge in [-0.05, 0) is 57.8 Å². The van der Waals surface area contributed by atoms with Crippen LogP contribution >= 0.6 is 7.82 Å². The number of rotatable bonds is 57. The molecule has 0 heterocycles. The molecule has 0 saturated carbocycles.